The highest BCUT2D eigenvalue weighted by molar-refractivity contribution is 5.00. The van der Waals surface area contributed by atoms with E-state index in [9.17, 15) is 13.2 Å². The summed E-state index contributed by atoms with van der Waals surface area (Å²) in [5, 5.41) is 0. The average molecular weight is 182 g/mol. The van der Waals surface area contributed by atoms with Crippen molar-refractivity contribution < 1.29 is 13.2 Å². The van der Waals surface area contributed by atoms with Crippen LogP contribution in [0.2, 0.25) is 0 Å². The Kier molecular flexibility index (Phi) is 2.35. The van der Waals surface area contributed by atoms with Crippen molar-refractivity contribution in [1.82, 2.24) is 4.90 Å². The van der Waals surface area contributed by atoms with Crippen LogP contribution in [0, 0.1) is 0 Å². The Morgan fingerprint density at radius 2 is 1.92 bits per heavy atom. The number of hydrogen-bond acceptors (Lipinski definition) is 2. The van der Waals surface area contributed by atoms with Gasteiger partial charge in [-0.3, -0.25) is 4.90 Å². The highest BCUT2D eigenvalue weighted by atomic mass is 19.4. The van der Waals surface area contributed by atoms with Gasteiger partial charge in [-0.1, -0.05) is 0 Å². The van der Waals surface area contributed by atoms with E-state index in [2.05, 4.69) is 0 Å². The van der Waals surface area contributed by atoms with Crippen LogP contribution in [0.1, 0.15) is 12.8 Å². The Morgan fingerprint density at radius 3 is 2.25 bits per heavy atom. The number of nitrogens with zero attached hydrogens (tertiary/aromatic N) is 1. The molecule has 0 atom stereocenters. The minimum absolute atomic E-state index is 0.333. The first-order chi connectivity index (χ1) is 5.31. The van der Waals surface area contributed by atoms with Crippen molar-refractivity contribution in [2.45, 2.75) is 24.6 Å². The summed E-state index contributed by atoms with van der Waals surface area (Å²) in [5.41, 5.74) is 5.32. The lowest BCUT2D eigenvalue weighted by atomic mass is 10.3. The summed E-state index contributed by atoms with van der Waals surface area (Å²) in [6.07, 6.45) is -2.43. The molecule has 0 aromatic heterocycles. The Morgan fingerprint density at radius 1 is 1.42 bits per heavy atom. The molecule has 0 unspecified atom stereocenters. The van der Waals surface area contributed by atoms with Crippen molar-refractivity contribution in [3.8, 4) is 0 Å². The molecule has 0 heterocycles. The number of likely N-dealkylation sites (N-methyl/N-ethyl adjacent to an activating group) is 1. The van der Waals surface area contributed by atoms with E-state index in [1.807, 2.05) is 0 Å². The van der Waals surface area contributed by atoms with Crippen molar-refractivity contribution in [1.29, 1.82) is 0 Å². The zero-order chi connectivity index (χ0) is 9.41. The fourth-order valence-electron chi connectivity index (χ4n) is 1.22. The largest absolute Gasteiger partial charge is 0.401 e. The van der Waals surface area contributed by atoms with Crippen molar-refractivity contribution in [2.75, 3.05) is 20.1 Å². The van der Waals surface area contributed by atoms with Crippen LogP contribution in [0.15, 0.2) is 0 Å². The minimum Gasteiger partial charge on any atom is -0.324 e. The van der Waals surface area contributed by atoms with Crippen LogP contribution in [0.4, 0.5) is 13.2 Å². The molecule has 0 aliphatic heterocycles. The molecule has 1 saturated carbocycles. The molecule has 72 valence electrons. The lowest BCUT2D eigenvalue weighted by Gasteiger charge is -2.21. The molecule has 5 heteroatoms. The van der Waals surface area contributed by atoms with Gasteiger partial charge >= 0.3 is 6.18 Å². The number of nitrogens with two attached hydrogens (primary N) is 1. The Labute approximate surface area is 69.5 Å². The van der Waals surface area contributed by atoms with E-state index >= 15 is 0 Å². The quantitative estimate of drug-likeness (QED) is 0.704. The number of rotatable bonds is 3. The molecular weight excluding hydrogens is 169 g/mol. The highest BCUT2D eigenvalue weighted by Crippen LogP contribution is 2.33. The standard InChI is InChI=1S/C7H13F3N2/c1-12(5-7(8,9)10)4-6(11)2-3-6/h2-5,11H2,1H3. The predicted octanol–water partition coefficient (Wildman–Crippen LogP) is 0.972. The molecule has 0 aromatic carbocycles. The third-order valence-electron chi connectivity index (χ3n) is 1.93. The fraction of sp³-hybridized carbons (Fsp3) is 1.00. The van der Waals surface area contributed by atoms with Crippen LogP contribution >= 0.6 is 0 Å². The second kappa shape index (κ2) is 2.88. The molecule has 2 nitrogen and oxygen atoms in total. The summed E-state index contributed by atoms with van der Waals surface area (Å²) in [6.45, 7) is -0.529. The molecule has 0 spiro atoms. The SMILES string of the molecule is CN(CC(F)(F)F)CC1(N)CC1. The van der Waals surface area contributed by atoms with Gasteiger partial charge in [-0.2, -0.15) is 13.2 Å². The van der Waals surface area contributed by atoms with Crippen LogP contribution in [-0.2, 0) is 0 Å². The normalized spacial score (nSPS) is 21.5. The second-order valence-electron chi connectivity index (χ2n) is 3.65. The highest BCUT2D eigenvalue weighted by Gasteiger charge is 2.40. The molecule has 1 aliphatic carbocycles. The van der Waals surface area contributed by atoms with Crippen LogP contribution in [0.5, 0.6) is 0 Å². The summed E-state index contributed by atoms with van der Waals surface area (Å²) < 4.78 is 35.5. The Bertz CT molecular complexity index is 155. The Hall–Kier alpha value is -0.290. The van der Waals surface area contributed by atoms with E-state index in [0.717, 1.165) is 12.8 Å². The van der Waals surface area contributed by atoms with E-state index in [-0.39, 0.29) is 5.54 Å². The first-order valence-corrected chi connectivity index (χ1v) is 3.85. The summed E-state index contributed by atoms with van der Waals surface area (Å²) >= 11 is 0. The molecule has 12 heavy (non-hydrogen) atoms. The first kappa shape index (κ1) is 9.80. The maximum Gasteiger partial charge on any atom is 0.401 e. The third-order valence-corrected chi connectivity index (χ3v) is 1.93. The molecule has 0 bridgehead atoms. The molecule has 0 saturated heterocycles. The summed E-state index contributed by atoms with van der Waals surface area (Å²) in [6, 6.07) is 0. The van der Waals surface area contributed by atoms with Gasteiger partial charge in [-0.05, 0) is 19.9 Å². The summed E-state index contributed by atoms with van der Waals surface area (Å²) in [4.78, 5) is 1.23. The van der Waals surface area contributed by atoms with Gasteiger partial charge in [0.15, 0.2) is 0 Å². The topological polar surface area (TPSA) is 29.3 Å². The van der Waals surface area contributed by atoms with Gasteiger partial charge in [0.25, 0.3) is 0 Å². The fourth-order valence-corrected chi connectivity index (χ4v) is 1.22. The first-order valence-electron chi connectivity index (χ1n) is 3.85. The van der Waals surface area contributed by atoms with Gasteiger partial charge in [0.2, 0.25) is 0 Å². The summed E-state index contributed by atoms with van der Waals surface area (Å²) in [7, 11) is 1.44. The number of alkyl halides is 3. The molecule has 0 amide bonds. The monoisotopic (exact) mass is 182 g/mol. The number of halogens is 3. The van der Waals surface area contributed by atoms with E-state index in [1.165, 1.54) is 11.9 Å². The smallest absolute Gasteiger partial charge is 0.324 e. The molecular formula is C7H13F3N2. The van der Waals surface area contributed by atoms with Crippen molar-refractivity contribution in [2.24, 2.45) is 5.73 Å². The van der Waals surface area contributed by atoms with Crippen molar-refractivity contribution in [3.05, 3.63) is 0 Å². The van der Waals surface area contributed by atoms with Crippen LogP contribution in [-0.4, -0.2) is 36.8 Å². The second-order valence-corrected chi connectivity index (χ2v) is 3.65. The maximum absolute atomic E-state index is 11.8. The van der Waals surface area contributed by atoms with E-state index in [1.54, 1.807) is 0 Å². The predicted molar refractivity (Wildman–Crippen MR) is 39.7 cm³/mol. The zero-order valence-electron chi connectivity index (χ0n) is 6.99. The van der Waals surface area contributed by atoms with Gasteiger partial charge in [-0.15, -0.1) is 0 Å². The Balaban J connectivity index is 2.24. The van der Waals surface area contributed by atoms with Gasteiger partial charge in [0.1, 0.15) is 0 Å². The van der Waals surface area contributed by atoms with Crippen LogP contribution in [0.3, 0.4) is 0 Å². The van der Waals surface area contributed by atoms with Crippen LogP contribution in [0.25, 0.3) is 0 Å². The lowest BCUT2D eigenvalue weighted by molar-refractivity contribution is -0.143. The molecule has 0 aromatic rings. The van der Waals surface area contributed by atoms with Gasteiger partial charge in [0, 0.05) is 12.1 Å². The maximum atomic E-state index is 11.8. The van der Waals surface area contributed by atoms with E-state index < -0.39 is 12.7 Å². The molecule has 1 aliphatic rings. The molecule has 2 N–H and O–H groups in total. The van der Waals surface area contributed by atoms with E-state index in [0.29, 0.717) is 6.54 Å². The zero-order valence-corrected chi connectivity index (χ0v) is 6.99. The third kappa shape index (κ3) is 3.40. The molecule has 1 rings (SSSR count). The summed E-state index contributed by atoms with van der Waals surface area (Å²) in [5.74, 6) is 0. The molecule has 0 radical (unpaired) electrons. The van der Waals surface area contributed by atoms with Crippen molar-refractivity contribution >= 4 is 0 Å². The lowest BCUT2D eigenvalue weighted by Crippen LogP contribution is -2.41. The molecule has 1 fully saturated rings. The van der Waals surface area contributed by atoms with Gasteiger partial charge in [0.05, 0.1) is 6.54 Å². The minimum atomic E-state index is -4.11. The number of hydrogen-bond donors (Lipinski definition) is 1. The van der Waals surface area contributed by atoms with Gasteiger partial charge in [-0.25, -0.2) is 0 Å². The van der Waals surface area contributed by atoms with Gasteiger partial charge < -0.3 is 5.73 Å². The average Bonchev–Trinajstić information content (AvgIpc) is 2.40. The van der Waals surface area contributed by atoms with Crippen molar-refractivity contribution in [3.63, 3.8) is 0 Å². The van der Waals surface area contributed by atoms with Crippen LogP contribution < -0.4 is 5.73 Å². The van der Waals surface area contributed by atoms with E-state index in [4.69, 9.17) is 5.73 Å².